The minimum atomic E-state index is 0.958. The SMILES string of the molecule is CCCCc1c[n+](CC)nn1C. The Hall–Kier alpha value is -0.860. The lowest BCUT2D eigenvalue weighted by atomic mass is 10.2. The topological polar surface area (TPSA) is 21.7 Å². The second kappa shape index (κ2) is 4.24. The van der Waals surface area contributed by atoms with Gasteiger partial charge in [0.1, 0.15) is 13.6 Å². The van der Waals surface area contributed by atoms with Crippen molar-refractivity contribution in [3.63, 3.8) is 0 Å². The number of hydrogen-bond donors (Lipinski definition) is 0. The van der Waals surface area contributed by atoms with Gasteiger partial charge in [-0.15, -0.1) is 9.36 Å². The summed E-state index contributed by atoms with van der Waals surface area (Å²) >= 11 is 0. The van der Waals surface area contributed by atoms with E-state index in [0.717, 1.165) is 13.0 Å². The highest BCUT2D eigenvalue weighted by Crippen LogP contribution is 1.99. The normalized spacial score (nSPS) is 10.6. The van der Waals surface area contributed by atoms with Crippen LogP contribution >= 0.6 is 0 Å². The molecule has 0 atom stereocenters. The monoisotopic (exact) mass is 168 g/mol. The van der Waals surface area contributed by atoms with E-state index in [2.05, 4.69) is 25.3 Å². The summed E-state index contributed by atoms with van der Waals surface area (Å²) in [6.45, 7) is 5.28. The average molecular weight is 168 g/mol. The summed E-state index contributed by atoms with van der Waals surface area (Å²) in [6, 6.07) is 0. The molecule has 0 fully saturated rings. The van der Waals surface area contributed by atoms with E-state index < -0.39 is 0 Å². The molecule has 0 amide bonds. The maximum atomic E-state index is 4.32. The van der Waals surface area contributed by atoms with Crippen LogP contribution in [0.3, 0.4) is 0 Å². The lowest BCUT2D eigenvalue weighted by Crippen LogP contribution is -2.34. The third-order valence-corrected chi connectivity index (χ3v) is 2.07. The molecule has 3 nitrogen and oxygen atoms in total. The van der Waals surface area contributed by atoms with Gasteiger partial charge in [0.2, 0.25) is 0 Å². The third kappa shape index (κ3) is 2.06. The van der Waals surface area contributed by atoms with Crippen LogP contribution in [0.2, 0.25) is 0 Å². The van der Waals surface area contributed by atoms with Crippen LogP contribution in [0.5, 0.6) is 0 Å². The van der Waals surface area contributed by atoms with Gasteiger partial charge >= 0.3 is 0 Å². The molecule has 0 saturated carbocycles. The summed E-state index contributed by atoms with van der Waals surface area (Å²) in [6.07, 6.45) is 5.78. The minimum Gasteiger partial charge on any atom is -0.138 e. The Kier molecular flexibility index (Phi) is 3.26. The average Bonchev–Trinajstić information content (AvgIpc) is 2.43. The van der Waals surface area contributed by atoms with Gasteiger partial charge in [0, 0.05) is 6.42 Å². The van der Waals surface area contributed by atoms with E-state index in [1.807, 2.05) is 16.4 Å². The molecule has 0 spiro atoms. The van der Waals surface area contributed by atoms with Crippen LogP contribution in [-0.2, 0) is 20.0 Å². The van der Waals surface area contributed by atoms with Crippen molar-refractivity contribution in [1.29, 1.82) is 0 Å². The van der Waals surface area contributed by atoms with Crippen LogP contribution in [0.4, 0.5) is 0 Å². The Bertz CT molecular complexity index is 240. The summed E-state index contributed by atoms with van der Waals surface area (Å²) in [7, 11) is 2.01. The Morgan fingerprint density at radius 2 is 2.25 bits per heavy atom. The van der Waals surface area contributed by atoms with E-state index in [4.69, 9.17) is 0 Å². The number of rotatable bonds is 4. The highest BCUT2D eigenvalue weighted by molar-refractivity contribution is 4.89. The second-order valence-electron chi connectivity index (χ2n) is 3.09. The summed E-state index contributed by atoms with van der Waals surface area (Å²) in [5, 5.41) is 4.32. The van der Waals surface area contributed by atoms with Gasteiger partial charge < -0.3 is 0 Å². The van der Waals surface area contributed by atoms with E-state index in [1.165, 1.54) is 18.5 Å². The van der Waals surface area contributed by atoms with Gasteiger partial charge in [-0.1, -0.05) is 13.3 Å². The van der Waals surface area contributed by atoms with Crippen LogP contribution in [0, 0.1) is 0 Å². The molecule has 1 aromatic rings. The van der Waals surface area contributed by atoms with Crippen molar-refractivity contribution < 1.29 is 4.68 Å². The zero-order valence-corrected chi connectivity index (χ0v) is 8.25. The molecule has 0 radical (unpaired) electrons. The van der Waals surface area contributed by atoms with Crippen molar-refractivity contribution in [2.45, 2.75) is 39.7 Å². The Morgan fingerprint density at radius 1 is 1.50 bits per heavy atom. The molecule has 0 aliphatic heterocycles. The smallest absolute Gasteiger partial charge is 0.138 e. The number of aryl methyl sites for hydroxylation is 3. The number of aromatic nitrogens is 3. The van der Waals surface area contributed by atoms with Gasteiger partial charge in [-0.05, 0) is 13.3 Å². The largest absolute Gasteiger partial charge is 0.167 e. The predicted octanol–water partition coefficient (Wildman–Crippen LogP) is 1.07. The Balaban J connectivity index is 2.64. The lowest BCUT2D eigenvalue weighted by Gasteiger charge is -1.90. The fraction of sp³-hybridized carbons (Fsp3) is 0.778. The van der Waals surface area contributed by atoms with Crippen LogP contribution in [0.15, 0.2) is 6.20 Å². The molecule has 0 saturated heterocycles. The summed E-state index contributed by atoms with van der Waals surface area (Å²) in [4.78, 5) is 0. The van der Waals surface area contributed by atoms with Gasteiger partial charge in [-0.25, -0.2) is 0 Å². The third-order valence-electron chi connectivity index (χ3n) is 2.07. The summed E-state index contributed by atoms with van der Waals surface area (Å²) in [5.74, 6) is 0. The zero-order valence-electron chi connectivity index (χ0n) is 8.25. The zero-order chi connectivity index (χ0) is 8.97. The van der Waals surface area contributed by atoms with Crippen molar-refractivity contribution in [2.75, 3.05) is 0 Å². The van der Waals surface area contributed by atoms with Crippen molar-refractivity contribution in [2.24, 2.45) is 7.05 Å². The fourth-order valence-electron chi connectivity index (χ4n) is 1.25. The van der Waals surface area contributed by atoms with Gasteiger partial charge in [0.25, 0.3) is 0 Å². The Morgan fingerprint density at radius 3 is 2.75 bits per heavy atom. The fourth-order valence-corrected chi connectivity index (χ4v) is 1.25. The summed E-state index contributed by atoms with van der Waals surface area (Å²) in [5.41, 5.74) is 1.33. The maximum absolute atomic E-state index is 4.32. The van der Waals surface area contributed by atoms with Crippen LogP contribution in [0.1, 0.15) is 32.4 Å². The lowest BCUT2D eigenvalue weighted by molar-refractivity contribution is -0.752. The second-order valence-corrected chi connectivity index (χ2v) is 3.09. The molecule has 12 heavy (non-hydrogen) atoms. The first-order chi connectivity index (χ1) is 5.77. The highest BCUT2D eigenvalue weighted by Gasteiger charge is 2.09. The van der Waals surface area contributed by atoms with Crippen LogP contribution in [-0.4, -0.2) is 9.90 Å². The molecule has 0 unspecified atom stereocenters. The van der Waals surface area contributed by atoms with E-state index in [-0.39, 0.29) is 0 Å². The van der Waals surface area contributed by atoms with E-state index in [9.17, 15) is 0 Å². The maximum Gasteiger partial charge on any atom is 0.167 e. The van der Waals surface area contributed by atoms with E-state index in [0.29, 0.717) is 0 Å². The molecule has 1 rings (SSSR count). The molecule has 0 N–H and O–H groups in total. The molecule has 3 heteroatoms. The molecule has 68 valence electrons. The molecule has 0 aromatic carbocycles. The van der Waals surface area contributed by atoms with Crippen LogP contribution < -0.4 is 4.68 Å². The molecular weight excluding hydrogens is 150 g/mol. The summed E-state index contributed by atoms with van der Waals surface area (Å²) < 4.78 is 3.95. The number of nitrogens with zero attached hydrogens (tertiary/aromatic N) is 3. The van der Waals surface area contributed by atoms with Crippen LogP contribution in [0.25, 0.3) is 0 Å². The first kappa shape index (κ1) is 9.23. The van der Waals surface area contributed by atoms with Gasteiger partial charge in [-0.2, -0.15) is 0 Å². The van der Waals surface area contributed by atoms with Crippen molar-refractivity contribution in [1.82, 2.24) is 9.90 Å². The molecular formula is C9H18N3+. The van der Waals surface area contributed by atoms with Gasteiger partial charge in [0.15, 0.2) is 11.9 Å². The first-order valence-corrected chi connectivity index (χ1v) is 4.70. The van der Waals surface area contributed by atoms with Crippen molar-refractivity contribution in [3.05, 3.63) is 11.9 Å². The molecule has 1 heterocycles. The highest BCUT2D eigenvalue weighted by atomic mass is 15.5. The standard InChI is InChI=1S/C9H18N3/c1-4-6-7-9-8-12(5-2)10-11(9)3/h8H,4-7H2,1-3H3/q+1. The quantitative estimate of drug-likeness (QED) is 0.616. The molecule has 1 aromatic heterocycles. The number of unbranched alkanes of at least 4 members (excludes halogenated alkanes) is 1. The Labute approximate surface area is 74.0 Å². The van der Waals surface area contributed by atoms with Crippen molar-refractivity contribution in [3.8, 4) is 0 Å². The van der Waals surface area contributed by atoms with E-state index >= 15 is 0 Å². The van der Waals surface area contributed by atoms with Crippen molar-refractivity contribution >= 4 is 0 Å². The molecule has 0 bridgehead atoms. The molecule has 0 aliphatic rings. The predicted molar refractivity (Wildman–Crippen MR) is 47.7 cm³/mol. The first-order valence-electron chi connectivity index (χ1n) is 4.70. The van der Waals surface area contributed by atoms with Gasteiger partial charge in [-0.3, -0.25) is 0 Å². The molecule has 0 aliphatic carbocycles. The minimum absolute atomic E-state index is 0.958. The number of hydrogen-bond acceptors (Lipinski definition) is 1. The van der Waals surface area contributed by atoms with Gasteiger partial charge in [0.05, 0.1) is 5.21 Å². The van der Waals surface area contributed by atoms with E-state index in [1.54, 1.807) is 0 Å².